The van der Waals surface area contributed by atoms with Crippen LogP contribution in [0.15, 0.2) is 53.6 Å². The first-order valence-corrected chi connectivity index (χ1v) is 11.5. The Balaban J connectivity index is 1.89. The molecule has 0 aliphatic carbocycles. The van der Waals surface area contributed by atoms with Crippen LogP contribution in [0.4, 0.5) is 0 Å². The van der Waals surface area contributed by atoms with Gasteiger partial charge in [-0.05, 0) is 82.6 Å². The summed E-state index contributed by atoms with van der Waals surface area (Å²) in [6.45, 7) is 7.88. The number of benzene rings is 2. The number of rotatable bonds is 5. The van der Waals surface area contributed by atoms with Crippen molar-refractivity contribution in [3.05, 3.63) is 59.8 Å². The van der Waals surface area contributed by atoms with Crippen LogP contribution in [0.2, 0.25) is 0 Å². The van der Waals surface area contributed by atoms with Gasteiger partial charge in [0.15, 0.2) is 0 Å². The zero-order valence-electron chi connectivity index (χ0n) is 17.4. The molecule has 2 aromatic carbocycles. The van der Waals surface area contributed by atoms with Crippen molar-refractivity contribution in [3.63, 3.8) is 0 Å². The van der Waals surface area contributed by atoms with Crippen molar-refractivity contribution in [1.82, 2.24) is 8.87 Å². The monoisotopic (exact) mass is 412 g/mol. The minimum atomic E-state index is -3.68. The molecule has 6 heteroatoms. The zero-order valence-corrected chi connectivity index (χ0v) is 18.2. The van der Waals surface area contributed by atoms with Crippen LogP contribution in [-0.2, 0) is 10.0 Å². The highest BCUT2D eigenvalue weighted by atomic mass is 32.2. The first-order valence-electron chi connectivity index (χ1n) is 10.1. The molecule has 0 spiro atoms. The fraction of sp³-hybridized carbons (Fsp3) is 0.391. The third-order valence-electron chi connectivity index (χ3n) is 5.55. The Morgan fingerprint density at radius 1 is 1.10 bits per heavy atom. The maximum absolute atomic E-state index is 13.4. The molecule has 0 amide bonds. The molecular weight excluding hydrogens is 384 g/mol. The first kappa shape index (κ1) is 20.0. The average molecular weight is 413 g/mol. The van der Waals surface area contributed by atoms with E-state index in [9.17, 15) is 8.42 Å². The molecule has 0 N–H and O–H groups in total. The number of aromatic nitrogens is 1. The normalized spacial score (nSPS) is 18.0. The summed E-state index contributed by atoms with van der Waals surface area (Å²) in [6.07, 6.45) is 2.91. The highest BCUT2D eigenvalue weighted by Gasteiger charge is 2.28. The van der Waals surface area contributed by atoms with Crippen LogP contribution in [0.5, 0.6) is 5.75 Å². The summed E-state index contributed by atoms with van der Waals surface area (Å²) in [5, 5.41) is 0.958. The molecule has 1 fully saturated rings. The van der Waals surface area contributed by atoms with E-state index in [2.05, 4.69) is 11.9 Å². The number of fused-ring (bicyclic) bond motifs is 1. The van der Waals surface area contributed by atoms with Gasteiger partial charge in [0.25, 0.3) is 10.0 Å². The molecule has 0 bridgehead atoms. The largest absolute Gasteiger partial charge is 0.491 e. The Morgan fingerprint density at radius 2 is 1.83 bits per heavy atom. The molecule has 5 nitrogen and oxygen atoms in total. The molecule has 4 rings (SSSR count). The second kappa shape index (κ2) is 7.50. The van der Waals surface area contributed by atoms with Gasteiger partial charge in [0.2, 0.25) is 0 Å². The van der Waals surface area contributed by atoms with Crippen LogP contribution in [0, 0.1) is 6.92 Å². The second-order valence-corrected chi connectivity index (χ2v) is 10.1. The second-order valence-electron chi connectivity index (χ2n) is 8.29. The quantitative estimate of drug-likeness (QED) is 0.624. The molecule has 2 heterocycles. The van der Waals surface area contributed by atoms with Crippen LogP contribution >= 0.6 is 0 Å². The molecule has 0 radical (unpaired) electrons. The van der Waals surface area contributed by atoms with Gasteiger partial charge in [-0.2, -0.15) is 0 Å². The number of nitrogens with zero attached hydrogens (tertiary/aromatic N) is 2. The molecule has 29 heavy (non-hydrogen) atoms. The van der Waals surface area contributed by atoms with Crippen molar-refractivity contribution in [1.29, 1.82) is 0 Å². The summed E-state index contributed by atoms with van der Waals surface area (Å²) in [6, 6.07) is 12.7. The standard InChI is InChI=1S/C23H28N2O3S/c1-16(2)28-19-7-10-23-21(13-19)22(18-11-12-24(4)14-18)15-25(23)29(26,27)20-8-5-17(3)6-9-20/h5-10,13,15-16,18H,11-12,14H2,1-4H3. The molecule has 154 valence electrons. The van der Waals surface area contributed by atoms with E-state index in [1.165, 1.54) is 3.97 Å². The van der Waals surface area contributed by atoms with Crippen molar-refractivity contribution in [2.75, 3.05) is 20.1 Å². The molecule has 1 atom stereocenters. The van der Waals surface area contributed by atoms with E-state index < -0.39 is 10.0 Å². The fourth-order valence-corrected chi connectivity index (χ4v) is 5.46. The van der Waals surface area contributed by atoms with E-state index in [0.717, 1.165) is 41.8 Å². The van der Waals surface area contributed by atoms with Crippen molar-refractivity contribution < 1.29 is 13.2 Å². The number of likely N-dealkylation sites (tertiary alicyclic amines) is 1. The van der Waals surface area contributed by atoms with E-state index in [1.807, 2.05) is 57.3 Å². The van der Waals surface area contributed by atoms with E-state index in [4.69, 9.17) is 4.74 Å². The molecule has 1 aromatic heterocycles. The molecular formula is C23H28N2O3S. The molecule has 1 aliphatic rings. The van der Waals surface area contributed by atoms with Crippen LogP contribution in [0.1, 0.15) is 37.3 Å². The van der Waals surface area contributed by atoms with Crippen LogP contribution < -0.4 is 4.74 Å². The van der Waals surface area contributed by atoms with Crippen molar-refractivity contribution in [3.8, 4) is 5.75 Å². The van der Waals surface area contributed by atoms with E-state index >= 15 is 0 Å². The Kier molecular flexibility index (Phi) is 5.17. The number of likely N-dealkylation sites (N-methyl/N-ethyl adjacent to an activating group) is 1. The lowest BCUT2D eigenvalue weighted by molar-refractivity contribution is 0.243. The number of ether oxygens (including phenoxy) is 1. The van der Waals surface area contributed by atoms with Crippen molar-refractivity contribution >= 4 is 20.9 Å². The summed E-state index contributed by atoms with van der Waals surface area (Å²) < 4.78 is 34.2. The van der Waals surface area contributed by atoms with Gasteiger partial charge in [-0.3, -0.25) is 0 Å². The van der Waals surface area contributed by atoms with Gasteiger partial charge < -0.3 is 9.64 Å². The lowest BCUT2D eigenvalue weighted by atomic mass is 9.98. The van der Waals surface area contributed by atoms with Crippen molar-refractivity contribution in [2.24, 2.45) is 0 Å². The van der Waals surface area contributed by atoms with E-state index in [1.54, 1.807) is 12.1 Å². The summed E-state index contributed by atoms with van der Waals surface area (Å²) in [7, 11) is -1.57. The zero-order chi connectivity index (χ0) is 20.8. The maximum atomic E-state index is 13.4. The maximum Gasteiger partial charge on any atom is 0.268 e. The van der Waals surface area contributed by atoms with Gasteiger partial charge >= 0.3 is 0 Å². The van der Waals surface area contributed by atoms with Gasteiger partial charge in [-0.15, -0.1) is 0 Å². The highest BCUT2D eigenvalue weighted by Crippen LogP contribution is 2.37. The summed E-state index contributed by atoms with van der Waals surface area (Å²) in [4.78, 5) is 2.59. The topological polar surface area (TPSA) is 51.5 Å². The van der Waals surface area contributed by atoms with E-state index in [-0.39, 0.29) is 6.10 Å². The van der Waals surface area contributed by atoms with Crippen LogP contribution in [-0.4, -0.2) is 43.5 Å². The average Bonchev–Trinajstić information content (AvgIpc) is 3.25. The third-order valence-corrected chi connectivity index (χ3v) is 7.24. The summed E-state index contributed by atoms with van der Waals surface area (Å²) in [5.74, 6) is 1.08. The Morgan fingerprint density at radius 3 is 2.45 bits per heavy atom. The minimum Gasteiger partial charge on any atom is -0.491 e. The first-order chi connectivity index (χ1) is 13.8. The molecule has 1 aliphatic heterocycles. The predicted octanol–water partition coefficient (Wildman–Crippen LogP) is 4.39. The molecule has 1 unspecified atom stereocenters. The number of aryl methyl sites for hydroxylation is 1. The van der Waals surface area contributed by atoms with E-state index in [0.29, 0.717) is 16.3 Å². The predicted molar refractivity (Wildman–Crippen MR) is 116 cm³/mol. The van der Waals surface area contributed by atoms with Crippen molar-refractivity contribution in [2.45, 2.75) is 44.1 Å². The SMILES string of the molecule is Cc1ccc(S(=O)(=O)n2cc(C3CCN(C)C3)c3cc(OC(C)C)ccc32)cc1. The van der Waals surface area contributed by atoms with Crippen LogP contribution in [0.25, 0.3) is 10.9 Å². The highest BCUT2D eigenvalue weighted by molar-refractivity contribution is 7.90. The third kappa shape index (κ3) is 3.79. The number of hydrogen-bond donors (Lipinski definition) is 0. The Hall–Kier alpha value is -2.31. The lowest BCUT2D eigenvalue weighted by Gasteiger charge is -2.12. The Bertz CT molecular complexity index is 1130. The van der Waals surface area contributed by atoms with Gasteiger partial charge in [0.05, 0.1) is 16.5 Å². The number of hydrogen-bond acceptors (Lipinski definition) is 4. The fourth-order valence-electron chi connectivity index (χ4n) is 4.09. The van der Waals surface area contributed by atoms with Gasteiger partial charge in [0, 0.05) is 18.1 Å². The van der Waals surface area contributed by atoms with Gasteiger partial charge in [-0.1, -0.05) is 17.7 Å². The van der Waals surface area contributed by atoms with Gasteiger partial charge in [0.1, 0.15) is 5.75 Å². The summed E-state index contributed by atoms with van der Waals surface area (Å²) >= 11 is 0. The van der Waals surface area contributed by atoms with Crippen LogP contribution in [0.3, 0.4) is 0 Å². The molecule has 0 saturated carbocycles. The smallest absolute Gasteiger partial charge is 0.268 e. The molecule has 1 saturated heterocycles. The lowest BCUT2D eigenvalue weighted by Crippen LogP contribution is -2.13. The Labute approximate surface area is 173 Å². The minimum absolute atomic E-state index is 0.0619. The summed E-state index contributed by atoms with van der Waals surface area (Å²) in [5.41, 5.74) is 2.81. The molecule has 3 aromatic rings. The van der Waals surface area contributed by atoms with Gasteiger partial charge in [-0.25, -0.2) is 12.4 Å².